The van der Waals surface area contributed by atoms with Gasteiger partial charge in [0.25, 0.3) is 6.43 Å². The van der Waals surface area contributed by atoms with E-state index in [4.69, 9.17) is 5.73 Å². The molecule has 1 atom stereocenters. The van der Waals surface area contributed by atoms with Crippen molar-refractivity contribution in [3.05, 3.63) is 12.4 Å². The predicted octanol–water partition coefficient (Wildman–Crippen LogP) is 0.944. The molecule has 0 amide bonds. The summed E-state index contributed by atoms with van der Waals surface area (Å²) in [6, 6.07) is -0.363. The van der Waals surface area contributed by atoms with Gasteiger partial charge in [0, 0.05) is 18.8 Å². The number of hydrogen-bond acceptors (Lipinski definition) is 4. The molecule has 0 aliphatic rings. The van der Waals surface area contributed by atoms with Crippen LogP contribution in [0.4, 0.5) is 8.78 Å². The normalized spacial score (nSPS) is 13.8. The molecule has 0 bridgehead atoms. The molecule has 1 heterocycles. The molecule has 0 spiro atoms. The maximum atomic E-state index is 12.2. The molecule has 1 unspecified atom stereocenters. The topological polar surface area (TPSA) is 90.0 Å². The third-order valence-electron chi connectivity index (χ3n) is 2.76. The molecule has 9 heteroatoms. The molecule has 6 nitrogen and oxygen atoms in total. The van der Waals surface area contributed by atoms with Crippen LogP contribution in [0.25, 0.3) is 0 Å². The first-order valence-electron chi connectivity index (χ1n) is 6.42. The highest BCUT2D eigenvalue weighted by Gasteiger charge is 2.21. The van der Waals surface area contributed by atoms with E-state index in [1.807, 2.05) is 6.92 Å². The predicted molar refractivity (Wildman–Crippen MR) is 70.9 cm³/mol. The van der Waals surface area contributed by atoms with Crippen LogP contribution in [-0.2, 0) is 16.6 Å². The van der Waals surface area contributed by atoms with Crippen molar-refractivity contribution < 1.29 is 17.2 Å². The van der Waals surface area contributed by atoms with E-state index in [0.717, 1.165) is 29.9 Å². The van der Waals surface area contributed by atoms with Crippen LogP contribution in [0.5, 0.6) is 0 Å². The summed E-state index contributed by atoms with van der Waals surface area (Å²) >= 11 is 0. The van der Waals surface area contributed by atoms with E-state index in [1.165, 1.54) is 0 Å². The van der Waals surface area contributed by atoms with Crippen molar-refractivity contribution >= 4 is 10.0 Å². The molecule has 1 rings (SSSR count). The molecular formula is C11H20F2N4O2S. The molecule has 0 saturated carbocycles. The third kappa shape index (κ3) is 5.14. The maximum absolute atomic E-state index is 12.2. The molecule has 0 aromatic carbocycles. The number of alkyl halides is 2. The summed E-state index contributed by atoms with van der Waals surface area (Å²) in [5.74, 6) is 0. The van der Waals surface area contributed by atoms with Gasteiger partial charge in [0.05, 0.1) is 6.20 Å². The fourth-order valence-electron chi connectivity index (χ4n) is 1.69. The monoisotopic (exact) mass is 310 g/mol. The average Bonchev–Trinajstić information content (AvgIpc) is 2.82. The summed E-state index contributed by atoms with van der Waals surface area (Å²) in [6.07, 6.45) is 1.98. The van der Waals surface area contributed by atoms with E-state index in [0.29, 0.717) is 6.42 Å². The van der Waals surface area contributed by atoms with Gasteiger partial charge >= 0.3 is 0 Å². The summed E-state index contributed by atoms with van der Waals surface area (Å²) in [5.41, 5.74) is 5.52. The van der Waals surface area contributed by atoms with Crippen molar-refractivity contribution in [1.29, 1.82) is 0 Å². The lowest BCUT2D eigenvalue weighted by atomic mass is 10.1. The zero-order valence-corrected chi connectivity index (χ0v) is 12.1. The van der Waals surface area contributed by atoms with Gasteiger partial charge in [-0.3, -0.25) is 4.68 Å². The molecule has 0 aliphatic carbocycles. The summed E-state index contributed by atoms with van der Waals surface area (Å²) in [7, 11) is -3.78. The van der Waals surface area contributed by atoms with Crippen molar-refractivity contribution in [2.45, 2.75) is 50.1 Å². The smallest absolute Gasteiger partial charge is 0.257 e. The van der Waals surface area contributed by atoms with Crippen molar-refractivity contribution in [2.75, 3.05) is 6.54 Å². The number of sulfonamides is 1. The second-order valence-electron chi connectivity index (χ2n) is 4.49. The lowest BCUT2D eigenvalue weighted by Crippen LogP contribution is -2.40. The fourth-order valence-corrected chi connectivity index (χ4v) is 2.92. The molecule has 0 aliphatic heterocycles. The van der Waals surface area contributed by atoms with Gasteiger partial charge in [-0.05, 0) is 6.42 Å². The van der Waals surface area contributed by atoms with E-state index < -0.39 is 23.0 Å². The summed E-state index contributed by atoms with van der Waals surface area (Å²) < 4.78 is 51.9. The van der Waals surface area contributed by atoms with Crippen LogP contribution in [0.2, 0.25) is 0 Å². The van der Waals surface area contributed by atoms with Crippen molar-refractivity contribution in [1.82, 2.24) is 14.5 Å². The van der Waals surface area contributed by atoms with Gasteiger partial charge in [0.1, 0.15) is 11.4 Å². The second kappa shape index (κ2) is 7.65. The quantitative estimate of drug-likeness (QED) is 0.710. The number of halogens is 2. The minimum absolute atomic E-state index is 0.131. The van der Waals surface area contributed by atoms with Crippen molar-refractivity contribution in [3.8, 4) is 0 Å². The first kappa shape index (κ1) is 17.0. The van der Waals surface area contributed by atoms with Crippen LogP contribution < -0.4 is 10.5 Å². The van der Waals surface area contributed by atoms with Gasteiger partial charge in [-0.2, -0.15) is 5.10 Å². The van der Waals surface area contributed by atoms with Gasteiger partial charge in [-0.15, -0.1) is 0 Å². The summed E-state index contributed by atoms with van der Waals surface area (Å²) in [6.45, 7) is 1.55. The lowest BCUT2D eigenvalue weighted by Gasteiger charge is -2.15. The lowest BCUT2D eigenvalue weighted by molar-refractivity contribution is 0.121. The minimum Gasteiger partial charge on any atom is -0.329 e. The zero-order valence-electron chi connectivity index (χ0n) is 11.3. The van der Waals surface area contributed by atoms with Gasteiger partial charge in [0.2, 0.25) is 10.0 Å². The minimum atomic E-state index is -3.78. The standard InChI is InChI=1S/C11H20F2N4O2S/c1-2-3-4-9(5-14)16-20(18,19)10-6-15-17(7-10)8-11(12)13/h6-7,9,11,16H,2-5,8,14H2,1H3. The third-order valence-corrected chi connectivity index (χ3v) is 4.23. The van der Waals surface area contributed by atoms with Gasteiger partial charge in [-0.1, -0.05) is 19.8 Å². The maximum Gasteiger partial charge on any atom is 0.257 e. The average molecular weight is 310 g/mol. The Morgan fingerprint density at radius 2 is 2.20 bits per heavy atom. The molecule has 20 heavy (non-hydrogen) atoms. The molecular weight excluding hydrogens is 290 g/mol. The van der Waals surface area contributed by atoms with Crippen LogP contribution in [0.1, 0.15) is 26.2 Å². The molecule has 0 fully saturated rings. The first-order chi connectivity index (χ1) is 9.39. The largest absolute Gasteiger partial charge is 0.329 e. The summed E-state index contributed by atoms with van der Waals surface area (Å²) in [4.78, 5) is -0.131. The highest BCUT2D eigenvalue weighted by molar-refractivity contribution is 7.89. The van der Waals surface area contributed by atoms with E-state index >= 15 is 0 Å². The number of nitrogens with two attached hydrogens (primary N) is 1. The SMILES string of the molecule is CCCCC(CN)NS(=O)(=O)c1cnn(CC(F)F)c1. The molecule has 3 N–H and O–H groups in total. The Morgan fingerprint density at radius 3 is 2.75 bits per heavy atom. The van der Waals surface area contributed by atoms with E-state index in [-0.39, 0.29) is 17.5 Å². The molecule has 116 valence electrons. The van der Waals surface area contributed by atoms with Crippen LogP contribution in [-0.4, -0.2) is 37.2 Å². The Labute approximate surface area is 117 Å². The molecule has 1 aromatic heterocycles. The van der Waals surface area contributed by atoms with Gasteiger partial charge in [-0.25, -0.2) is 21.9 Å². The molecule has 1 aromatic rings. The Morgan fingerprint density at radius 1 is 1.50 bits per heavy atom. The zero-order chi connectivity index (χ0) is 15.2. The van der Waals surface area contributed by atoms with Crippen molar-refractivity contribution in [3.63, 3.8) is 0 Å². The van der Waals surface area contributed by atoms with Gasteiger partial charge in [0.15, 0.2) is 0 Å². The molecule has 0 radical (unpaired) electrons. The van der Waals surface area contributed by atoms with Crippen LogP contribution in [0.15, 0.2) is 17.3 Å². The number of unbranched alkanes of at least 4 members (excludes halogenated alkanes) is 1. The van der Waals surface area contributed by atoms with Crippen LogP contribution in [0.3, 0.4) is 0 Å². The summed E-state index contributed by atoms with van der Waals surface area (Å²) in [5, 5.41) is 3.60. The van der Waals surface area contributed by atoms with Crippen LogP contribution in [0, 0.1) is 0 Å². The number of nitrogens with zero attached hydrogens (tertiary/aromatic N) is 2. The highest BCUT2D eigenvalue weighted by atomic mass is 32.2. The van der Waals surface area contributed by atoms with E-state index in [2.05, 4.69) is 9.82 Å². The van der Waals surface area contributed by atoms with Crippen molar-refractivity contribution in [2.24, 2.45) is 5.73 Å². The fraction of sp³-hybridized carbons (Fsp3) is 0.727. The van der Waals surface area contributed by atoms with Crippen LogP contribution >= 0.6 is 0 Å². The Bertz CT molecular complexity index is 504. The first-order valence-corrected chi connectivity index (χ1v) is 7.90. The van der Waals surface area contributed by atoms with E-state index in [9.17, 15) is 17.2 Å². The molecule has 0 saturated heterocycles. The van der Waals surface area contributed by atoms with E-state index in [1.54, 1.807) is 0 Å². The number of rotatable bonds is 9. The second-order valence-corrected chi connectivity index (χ2v) is 6.20. The number of hydrogen-bond donors (Lipinski definition) is 2. The Hall–Kier alpha value is -1.06. The number of aromatic nitrogens is 2. The Balaban J connectivity index is 2.74. The van der Waals surface area contributed by atoms with Gasteiger partial charge < -0.3 is 5.73 Å². The number of nitrogens with one attached hydrogen (secondary N) is 1. The Kier molecular flexibility index (Phi) is 6.50. The highest BCUT2D eigenvalue weighted by Crippen LogP contribution is 2.10.